The Balaban J connectivity index is 3.15. The number of halogens is 1. The Hall–Kier alpha value is -0.890. The van der Waals surface area contributed by atoms with E-state index in [9.17, 15) is 8.42 Å². The van der Waals surface area contributed by atoms with Crippen molar-refractivity contribution in [3.05, 3.63) is 17.3 Å². The molecule has 0 spiro atoms. The van der Waals surface area contributed by atoms with Crippen molar-refractivity contribution < 1.29 is 13.5 Å². The molecule has 6 nitrogen and oxygen atoms in total. The van der Waals surface area contributed by atoms with Crippen LogP contribution in [-0.2, 0) is 10.0 Å². The molecular formula is C11H18ClN3O3S. The molecule has 1 rings (SSSR count). The van der Waals surface area contributed by atoms with Crippen LogP contribution < -0.4 is 5.73 Å². The number of nitrogens with two attached hydrogens (primary N) is 1. The molecule has 0 saturated carbocycles. The minimum absolute atomic E-state index is 0.00154. The predicted molar refractivity (Wildman–Crippen MR) is 74.4 cm³/mol. The number of pyridine rings is 1. The summed E-state index contributed by atoms with van der Waals surface area (Å²) < 4.78 is 26.2. The molecule has 0 aliphatic heterocycles. The zero-order valence-electron chi connectivity index (χ0n) is 10.9. The topological polar surface area (TPSA) is 96.5 Å². The van der Waals surface area contributed by atoms with E-state index in [4.69, 9.17) is 22.4 Å². The summed E-state index contributed by atoms with van der Waals surface area (Å²) >= 11 is 5.80. The molecule has 1 aromatic rings. The number of aliphatic hydroxyl groups excluding tert-OH is 1. The smallest absolute Gasteiger partial charge is 0.244 e. The number of hydrogen-bond acceptors (Lipinski definition) is 5. The highest BCUT2D eigenvalue weighted by Crippen LogP contribution is 2.23. The maximum atomic E-state index is 12.4. The Morgan fingerprint density at radius 1 is 1.53 bits per heavy atom. The Morgan fingerprint density at radius 2 is 2.16 bits per heavy atom. The lowest BCUT2D eigenvalue weighted by Crippen LogP contribution is -2.38. The summed E-state index contributed by atoms with van der Waals surface area (Å²) in [6, 6.07) is 1.06. The van der Waals surface area contributed by atoms with Crippen molar-refractivity contribution >= 4 is 27.4 Å². The van der Waals surface area contributed by atoms with Gasteiger partial charge in [-0.3, -0.25) is 0 Å². The number of anilines is 1. The molecule has 0 amide bonds. The number of nitrogens with zero attached hydrogens (tertiary/aromatic N) is 2. The van der Waals surface area contributed by atoms with E-state index >= 15 is 0 Å². The molecule has 0 bridgehead atoms. The maximum absolute atomic E-state index is 12.4. The van der Waals surface area contributed by atoms with Crippen LogP contribution in [0, 0.1) is 0 Å². The molecule has 1 heterocycles. The predicted octanol–water partition coefficient (Wildman–Crippen LogP) is 1.10. The lowest BCUT2D eigenvalue weighted by Gasteiger charge is -2.25. The average molecular weight is 308 g/mol. The van der Waals surface area contributed by atoms with E-state index in [1.165, 1.54) is 16.6 Å². The molecular weight excluding hydrogens is 290 g/mol. The van der Waals surface area contributed by atoms with Crippen molar-refractivity contribution in [2.75, 3.05) is 18.9 Å². The van der Waals surface area contributed by atoms with Crippen LogP contribution >= 0.6 is 11.6 Å². The summed E-state index contributed by atoms with van der Waals surface area (Å²) in [6.45, 7) is 3.69. The molecule has 0 unspecified atom stereocenters. The zero-order valence-corrected chi connectivity index (χ0v) is 12.4. The van der Waals surface area contributed by atoms with E-state index in [2.05, 4.69) is 4.98 Å². The summed E-state index contributed by atoms with van der Waals surface area (Å²) in [5, 5.41) is 8.95. The van der Waals surface area contributed by atoms with Gasteiger partial charge in [0.1, 0.15) is 10.7 Å². The first-order valence-corrected chi connectivity index (χ1v) is 7.66. The fourth-order valence-electron chi connectivity index (χ4n) is 1.59. The minimum atomic E-state index is -3.69. The fraction of sp³-hybridized carbons (Fsp3) is 0.545. The first-order valence-electron chi connectivity index (χ1n) is 5.84. The second kappa shape index (κ2) is 6.51. The van der Waals surface area contributed by atoms with Crippen LogP contribution in [-0.4, -0.2) is 42.0 Å². The van der Waals surface area contributed by atoms with Gasteiger partial charge in [0, 0.05) is 25.4 Å². The van der Waals surface area contributed by atoms with E-state index in [0.717, 1.165) is 0 Å². The molecule has 8 heteroatoms. The standard InChI is InChI=1S/C11H18ClN3O3S/c1-8(2)15(4-3-5-16)19(17,18)9-6-10(12)11(13)14-7-9/h6-8,16H,3-5H2,1-2H3,(H2,13,14). The summed E-state index contributed by atoms with van der Waals surface area (Å²) in [5.41, 5.74) is 5.46. The van der Waals surface area contributed by atoms with Gasteiger partial charge < -0.3 is 10.8 Å². The molecule has 0 aliphatic rings. The molecule has 0 aromatic carbocycles. The van der Waals surface area contributed by atoms with Gasteiger partial charge in [-0.25, -0.2) is 13.4 Å². The van der Waals surface area contributed by atoms with Crippen LogP contribution in [0.25, 0.3) is 0 Å². The highest BCUT2D eigenvalue weighted by atomic mass is 35.5. The largest absolute Gasteiger partial charge is 0.396 e. The van der Waals surface area contributed by atoms with Gasteiger partial charge in [-0.2, -0.15) is 4.31 Å². The second-order valence-electron chi connectivity index (χ2n) is 4.32. The quantitative estimate of drug-likeness (QED) is 0.820. The van der Waals surface area contributed by atoms with E-state index in [1.54, 1.807) is 13.8 Å². The first-order chi connectivity index (χ1) is 8.80. The number of hydrogen-bond donors (Lipinski definition) is 2. The normalized spacial score (nSPS) is 12.3. The number of aromatic nitrogens is 1. The third kappa shape index (κ3) is 3.79. The zero-order chi connectivity index (χ0) is 14.6. The van der Waals surface area contributed by atoms with Crippen LogP contribution in [0.5, 0.6) is 0 Å². The minimum Gasteiger partial charge on any atom is -0.396 e. The highest BCUT2D eigenvalue weighted by molar-refractivity contribution is 7.89. The Morgan fingerprint density at radius 3 is 2.63 bits per heavy atom. The third-order valence-electron chi connectivity index (χ3n) is 2.56. The van der Waals surface area contributed by atoms with E-state index in [0.29, 0.717) is 6.42 Å². The van der Waals surface area contributed by atoms with Gasteiger partial charge in [0.2, 0.25) is 10.0 Å². The van der Waals surface area contributed by atoms with E-state index in [1.807, 2.05) is 0 Å². The van der Waals surface area contributed by atoms with Gasteiger partial charge in [-0.15, -0.1) is 0 Å². The number of rotatable bonds is 6. The van der Waals surface area contributed by atoms with Crippen LogP contribution in [0.1, 0.15) is 20.3 Å². The van der Waals surface area contributed by atoms with Crippen LogP contribution in [0.15, 0.2) is 17.2 Å². The third-order valence-corrected chi connectivity index (χ3v) is 4.91. The van der Waals surface area contributed by atoms with Crippen LogP contribution in [0.2, 0.25) is 5.02 Å². The summed E-state index contributed by atoms with van der Waals surface area (Å²) in [6.07, 6.45) is 1.55. The number of sulfonamides is 1. The Labute approximate surface area is 118 Å². The van der Waals surface area contributed by atoms with Gasteiger partial charge in [-0.1, -0.05) is 11.6 Å². The second-order valence-corrected chi connectivity index (χ2v) is 6.62. The van der Waals surface area contributed by atoms with Crippen LogP contribution in [0.3, 0.4) is 0 Å². The first kappa shape index (κ1) is 16.2. The average Bonchev–Trinajstić information content (AvgIpc) is 2.32. The molecule has 108 valence electrons. The summed E-state index contributed by atoms with van der Waals surface area (Å²) in [7, 11) is -3.69. The summed E-state index contributed by atoms with van der Waals surface area (Å²) in [5.74, 6) is 0.0899. The maximum Gasteiger partial charge on any atom is 0.244 e. The van der Waals surface area contributed by atoms with Crippen molar-refractivity contribution in [3.63, 3.8) is 0 Å². The van der Waals surface area contributed by atoms with Gasteiger partial charge in [-0.05, 0) is 26.3 Å². The molecule has 0 saturated heterocycles. The Kier molecular flexibility index (Phi) is 5.54. The molecule has 1 aromatic heterocycles. The molecule has 0 radical (unpaired) electrons. The molecule has 0 fully saturated rings. The van der Waals surface area contributed by atoms with Gasteiger partial charge >= 0.3 is 0 Å². The van der Waals surface area contributed by atoms with Crippen molar-refractivity contribution in [1.29, 1.82) is 0 Å². The highest BCUT2D eigenvalue weighted by Gasteiger charge is 2.27. The van der Waals surface area contributed by atoms with Crippen molar-refractivity contribution in [2.24, 2.45) is 0 Å². The number of aliphatic hydroxyl groups is 1. The van der Waals surface area contributed by atoms with Gasteiger partial charge in [0.05, 0.1) is 5.02 Å². The lowest BCUT2D eigenvalue weighted by atomic mass is 10.3. The molecule has 0 aliphatic carbocycles. The number of nitrogen functional groups attached to an aromatic ring is 1. The molecule has 3 N–H and O–H groups in total. The van der Waals surface area contributed by atoms with Gasteiger partial charge in [0.15, 0.2) is 0 Å². The van der Waals surface area contributed by atoms with Crippen molar-refractivity contribution in [1.82, 2.24) is 9.29 Å². The molecule has 0 atom stereocenters. The van der Waals surface area contributed by atoms with Crippen LogP contribution in [0.4, 0.5) is 5.82 Å². The molecule has 19 heavy (non-hydrogen) atoms. The van der Waals surface area contributed by atoms with Gasteiger partial charge in [0.25, 0.3) is 0 Å². The van der Waals surface area contributed by atoms with E-state index in [-0.39, 0.29) is 34.9 Å². The monoisotopic (exact) mass is 307 g/mol. The lowest BCUT2D eigenvalue weighted by molar-refractivity contribution is 0.258. The van der Waals surface area contributed by atoms with E-state index < -0.39 is 10.0 Å². The Bertz CT molecular complexity index is 534. The SMILES string of the molecule is CC(C)N(CCCO)S(=O)(=O)c1cnc(N)c(Cl)c1. The van der Waals surface area contributed by atoms with Crippen molar-refractivity contribution in [2.45, 2.75) is 31.2 Å². The fourth-order valence-corrected chi connectivity index (χ4v) is 3.47. The van der Waals surface area contributed by atoms with Crippen molar-refractivity contribution in [3.8, 4) is 0 Å². The summed E-state index contributed by atoms with van der Waals surface area (Å²) in [4.78, 5) is 3.76.